The lowest BCUT2D eigenvalue weighted by Gasteiger charge is -2.36. The Morgan fingerprint density at radius 2 is 1.58 bits per heavy atom. The summed E-state index contributed by atoms with van der Waals surface area (Å²) in [5, 5.41) is 19.6. The summed E-state index contributed by atoms with van der Waals surface area (Å²) in [6.45, 7) is 1.50. The van der Waals surface area contributed by atoms with Crippen LogP contribution in [0.5, 0.6) is 0 Å². The predicted molar refractivity (Wildman–Crippen MR) is 100 cm³/mol. The second-order valence-electron chi connectivity index (χ2n) is 6.00. The minimum absolute atomic E-state index is 0.250. The van der Waals surface area contributed by atoms with Gasteiger partial charge in [-0.15, -0.1) is 0 Å². The van der Waals surface area contributed by atoms with Crippen molar-refractivity contribution in [3.8, 4) is 11.1 Å². The highest BCUT2D eigenvalue weighted by atomic mass is 16.3. The number of β-amino-alcohol motifs (C(OH)–C–C–N with tert-alkyl or cyclic N) is 1. The number of benzene rings is 2. The Labute approximate surface area is 144 Å². The van der Waals surface area contributed by atoms with Crippen molar-refractivity contribution in [2.45, 2.75) is 25.0 Å². The van der Waals surface area contributed by atoms with E-state index in [0.29, 0.717) is 12.6 Å². The molecule has 4 heteroatoms. The van der Waals surface area contributed by atoms with E-state index in [1.54, 1.807) is 0 Å². The molecule has 0 bridgehead atoms. The van der Waals surface area contributed by atoms with Crippen LogP contribution in [-0.4, -0.2) is 48.6 Å². The number of piperidine rings is 1. The Morgan fingerprint density at radius 3 is 2.04 bits per heavy atom. The summed E-state index contributed by atoms with van der Waals surface area (Å²) in [5.74, 6) is 0. The fourth-order valence-electron chi connectivity index (χ4n) is 2.91. The summed E-state index contributed by atoms with van der Waals surface area (Å²) in [7, 11) is 1.91. The van der Waals surface area contributed by atoms with Crippen molar-refractivity contribution in [3.63, 3.8) is 0 Å². The van der Waals surface area contributed by atoms with Crippen LogP contribution in [-0.2, 0) is 0 Å². The average molecular weight is 325 g/mol. The molecule has 2 aromatic carbocycles. The van der Waals surface area contributed by atoms with E-state index in [9.17, 15) is 5.11 Å². The summed E-state index contributed by atoms with van der Waals surface area (Å²) in [6.07, 6.45) is 2.90. The van der Waals surface area contributed by atoms with Gasteiger partial charge in [-0.1, -0.05) is 60.7 Å². The number of rotatable bonds is 4. The quantitative estimate of drug-likeness (QED) is 0.598. The van der Waals surface area contributed by atoms with Gasteiger partial charge in [0.05, 0.1) is 12.4 Å². The molecule has 0 aliphatic carbocycles. The number of nitrogens with zero attached hydrogens (tertiary/aromatic N) is 1. The van der Waals surface area contributed by atoms with E-state index in [2.05, 4.69) is 53.8 Å². The van der Waals surface area contributed by atoms with E-state index in [1.807, 2.05) is 24.1 Å². The fourth-order valence-corrected chi connectivity index (χ4v) is 2.91. The van der Waals surface area contributed by atoms with E-state index < -0.39 is 0 Å². The molecule has 24 heavy (non-hydrogen) atoms. The Hall–Kier alpha value is -2.17. The monoisotopic (exact) mass is 325 g/mol. The minimum atomic E-state index is -0.250. The van der Waals surface area contributed by atoms with Gasteiger partial charge in [-0.2, -0.15) is 0 Å². The topological polar surface area (TPSA) is 59.4 Å². The smallest absolute Gasteiger partial charge is 0.0821 e. The van der Waals surface area contributed by atoms with Crippen LogP contribution in [0.15, 0.2) is 60.7 Å². The molecular formula is C20H27N3O. The SMILES string of the molecule is CNCC1CCC(O)CN1C=N.c1ccc(-c2ccccc2)cc1. The maximum atomic E-state index is 9.33. The molecule has 128 valence electrons. The summed E-state index contributed by atoms with van der Waals surface area (Å²) >= 11 is 0. The van der Waals surface area contributed by atoms with E-state index in [-0.39, 0.29) is 6.10 Å². The largest absolute Gasteiger partial charge is 0.391 e. The molecule has 0 radical (unpaired) electrons. The zero-order chi connectivity index (χ0) is 17.2. The normalized spacial score (nSPS) is 20.0. The Bertz CT molecular complexity index is 551. The first kappa shape index (κ1) is 18.2. The Kier molecular flexibility index (Phi) is 7.46. The molecule has 0 spiro atoms. The first-order chi connectivity index (χ1) is 11.7. The Morgan fingerprint density at radius 1 is 1.04 bits per heavy atom. The summed E-state index contributed by atoms with van der Waals surface area (Å²) in [5.41, 5.74) is 2.55. The van der Waals surface area contributed by atoms with E-state index in [0.717, 1.165) is 19.4 Å². The van der Waals surface area contributed by atoms with Crippen molar-refractivity contribution in [1.82, 2.24) is 10.2 Å². The van der Waals surface area contributed by atoms with Gasteiger partial charge >= 0.3 is 0 Å². The zero-order valence-electron chi connectivity index (χ0n) is 14.2. The number of likely N-dealkylation sites (N-methyl/N-ethyl adjacent to an activating group) is 1. The third-order valence-electron chi connectivity index (χ3n) is 4.21. The van der Waals surface area contributed by atoms with Gasteiger partial charge < -0.3 is 15.3 Å². The summed E-state index contributed by atoms with van der Waals surface area (Å²) in [6, 6.07) is 21.2. The lowest BCUT2D eigenvalue weighted by atomic mass is 10.0. The molecule has 1 saturated heterocycles. The van der Waals surface area contributed by atoms with Gasteiger partial charge in [0.25, 0.3) is 0 Å². The van der Waals surface area contributed by atoms with Crippen molar-refractivity contribution >= 4 is 6.34 Å². The fraction of sp³-hybridized carbons (Fsp3) is 0.350. The molecule has 4 nitrogen and oxygen atoms in total. The van der Waals surface area contributed by atoms with Gasteiger partial charge in [0.1, 0.15) is 0 Å². The van der Waals surface area contributed by atoms with Crippen LogP contribution < -0.4 is 5.32 Å². The van der Waals surface area contributed by atoms with Crippen LogP contribution in [0.3, 0.4) is 0 Å². The summed E-state index contributed by atoms with van der Waals surface area (Å²) in [4.78, 5) is 1.89. The van der Waals surface area contributed by atoms with E-state index in [1.165, 1.54) is 17.5 Å². The second-order valence-corrected chi connectivity index (χ2v) is 6.00. The molecule has 3 N–H and O–H groups in total. The molecule has 1 fully saturated rings. The van der Waals surface area contributed by atoms with Crippen LogP contribution in [0, 0.1) is 5.41 Å². The minimum Gasteiger partial charge on any atom is -0.391 e. The van der Waals surface area contributed by atoms with Crippen molar-refractivity contribution < 1.29 is 5.11 Å². The molecule has 0 saturated carbocycles. The summed E-state index contributed by atoms with van der Waals surface area (Å²) < 4.78 is 0. The lowest BCUT2D eigenvalue weighted by molar-refractivity contribution is 0.0769. The lowest BCUT2D eigenvalue weighted by Crippen LogP contribution is -2.48. The van der Waals surface area contributed by atoms with Gasteiger partial charge in [0, 0.05) is 19.1 Å². The predicted octanol–water partition coefficient (Wildman–Crippen LogP) is 2.99. The molecule has 3 rings (SSSR count). The van der Waals surface area contributed by atoms with Crippen molar-refractivity contribution in [2.75, 3.05) is 20.1 Å². The van der Waals surface area contributed by atoms with E-state index >= 15 is 0 Å². The molecule has 2 aromatic rings. The average Bonchev–Trinajstić information content (AvgIpc) is 2.65. The highest BCUT2D eigenvalue weighted by Crippen LogP contribution is 2.17. The van der Waals surface area contributed by atoms with Gasteiger partial charge in [-0.3, -0.25) is 5.41 Å². The number of aliphatic hydroxyl groups is 1. The van der Waals surface area contributed by atoms with Crippen LogP contribution >= 0.6 is 0 Å². The second kappa shape index (κ2) is 9.85. The molecule has 0 aromatic heterocycles. The van der Waals surface area contributed by atoms with Gasteiger partial charge in [0.15, 0.2) is 0 Å². The highest BCUT2D eigenvalue weighted by molar-refractivity contribution is 5.62. The maximum absolute atomic E-state index is 9.33. The first-order valence-electron chi connectivity index (χ1n) is 8.44. The molecule has 1 aliphatic rings. The van der Waals surface area contributed by atoms with Crippen LogP contribution in [0.2, 0.25) is 0 Å². The molecule has 2 atom stereocenters. The van der Waals surface area contributed by atoms with Gasteiger partial charge in [0.2, 0.25) is 0 Å². The van der Waals surface area contributed by atoms with Crippen molar-refractivity contribution in [3.05, 3.63) is 60.7 Å². The number of hydrogen-bond acceptors (Lipinski definition) is 3. The van der Waals surface area contributed by atoms with E-state index in [4.69, 9.17) is 5.41 Å². The maximum Gasteiger partial charge on any atom is 0.0821 e. The highest BCUT2D eigenvalue weighted by Gasteiger charge is 2.24. The molecule has 0 amide bonds. The molecular weight excluding hydrogens is 298 g/mol. The Balaban J connectivity index is 0.000000174. The zero-order valence-corrected chi connectivity index (χ0v) is 14.2. The van der Waals surface area contributed by atoms with Crippen molar-refractivity contribution in [1.29, 1.82) is 5.41 Å². The molecule has 1 heterocycles. The molecule has 2 unspecified atom stereocenters. The molecule has 1 aliphatic heterocycles. The van der Waals surface area contributed by atoms with Crippen LogP contribution in [0.1, 0.15) is 12.8 Å². The van der Waals surface area contributed by atoms with Crippen LogP contribution in [0.25, 0.3) is 11.1 Å². The van der Waals surface area contributed by atoms with Gasteiger partial charge in [-0.05, 0) is 31.0 Å². The number of likely N-dealkylation sites (tertiary alicyclic amines) is 1. The van der Waals surface area contributed by atoms with Crippen LogP contribution in [0.4, 0.5) is 0 Å². The third-order valence-corrected chi connectivity index (χ3v) is 4.21. The standard InChI is InChI=1S/C12H10.C8H17N3O/c1-3-7-11(8-4-1)12-9-5-2-6-10-12;1-10-4-7-2-3-8(12)5-11(7)6-9/h1-10H;6-10,12H,2-5H2,1H3. The number of nitrogens with one attached hydrogen (secondary N) is 2. The number of aliphatic hydroxyl groups excluding tert-OH is 1. The van der Waals surface area contributed by atoms with Gasteiger partial charge in [-0.25, -0.2) is 0 Å². The first-order valence-corrected chi connectivity index (χ1v) is 8.44. The third kappa shape index (κ3) is 5.48. The van der Waals surface area contributed by atoms with Crippen molar-refractivity contribution in [2.24, 2.45) is 0 Å². The number of hydrogen-bond donors (Lipinski definition) is 3.